The molecule has 0 aromatic heterocycles. The summed E-state index contributed by atoms with van der Waals surface area (Å²) in [6.07, 6.45) is 6.74. The SMILES string of the molecule is CCCCCCOc1ccc(/C=C2\C(=O)NNC2(C)C)cc1. The molecule has 0 atom stereocenters. The lowest BCUT2D eigenvalue weighted by molar-refractivity contribution is -0.116. The Hall–Kier alpha value is -1.81. The zero-order chi connectivity index (χ0) is 16.0. The summed E-state index contributed by atoms with van der Waals surface area (Å²) < 4.78 is 5.73. The van der Waals surface area contributed by atoms with Gasteiger partial charge in [-0.2, -0.15) is 0 Å². The Morgan fingerprint density at radius 2 is 1.86 bits per heavy atom. The molecule has 4 nitrogen and oxygen atoms in total. The first-order valence-corrected chi connectivity index (χ1v) is 8.05. The van der Waals surface area contributed by atoms with Gasteiger partial charge in [-0.3, -0.25) is 10.2 Å². The van der Waals surface area contributed by atoms with Crippen LogP contribution in [-0.4, -0.2) is 18.1 Å². The van der Waals surface area contributed by atoms with Crippen molar-refractivity contribution in [2.75, 3.05) is 6.61 Å². The third kappa shape index (κ3) is 4.34. The zero-order valence-corrected chi connectivity index (χ0v) is 13.7. The highest BCUT2D eigenvalue weighted by molar-refractivity contribution is 6.01. The Bertz CT molecular complexity index is 533. The van der Waals surface area contributed by atoms with E-state index in [1.54, 1.807) is 0 Å². The van der Waals surface area contributed by atoms with Gasteiger partial charge in [-0.25, -0.2) is 5.43 Å². The van der Waals surface area contributed by atoms with Crippen LogP contribution in [0, 0.1) is 0 Å². The summed E-state index contributed by atoms with van der Waals surface area (Å²) in [6, 6.07) is 7.88. The molecule has 2 rings (SSSR count). The quantitative estimate of drug-likeness (QED) is 0.599. The van der Waals surface area contributed by atoms with E-state index in [9.17, 15) is 4.79 Å². The number of carbonyl (C=O) groups is 1. The van der Waals surface area contributed by atoms with Gasteiger partial charge in [-0.05, 0) is 44.0 Å². The van der Waals surface area contributed by atoms with E-state index in [0.29, 0.717) is 0 Å². The maximum absolute atomic E-state index is 11.8. The van der Waals surface area contributed by atoms with Crippen LogP contribution < -0.4 is 15.6 Å². The smallest absolute Gasteiger partial charge is 0.263 e. The van der Waals surface area contributed by atoms with Gasteiger partial charge in [0.05, 0.1) is 12.1 Å². The third-order valence-corrected chi connectivity index (χ3v) is 3.86. The van der Waals surface area contributed by atoms with Gasteiger partial charge in [0.2, 0.25) is 0 Å². The molecule has 1 heterocycles. The molecular formula is C18H26N2O2. The molecule has 0 spiro atoms. The zero-order valence-electron chi connectivity index (χ0n) is 13.7. The van der Waals surface area contributed by atoms with Crippen molar-refractivity contribution >= 4 is 12.0 Å². The van der Waals surface area contributed by atoms with Gasteiger partial charge in [-0.15, -0.1) is 0 Å². The first-order valence-electron chi connectivity index (χ1n) is 8.05. The lowest BCUT2D eigenvalue weighted by Gasteiger charge is -2.16. The Balaban J connectivity index is 1.93. The van der Waals surface area contributed by atoms with Crippen molar-refractivity contribution in [3.63, 3.8) is 0 Å². The van der Waals surface area contributed by atoms with Crippen molar-refractivity contribution in [1.82, 2.24) is 10.9 Å². The Labute approximate surface area is 132 Å². The first-order chi connectivity index (χ1) is 10.5. The van der Waals surface area contributed by atoms with Gasteiger partial charge in [-0.1, -0.05) is 38.3 Å². The minimum absolute atomic E-state index is 0.0683. The van der Waals surface area contributed by atoms with Gasteiger partial charge < -0.3 is 4.74 Å². The summed E-state index contributed by atoms with van der Waals surface area (Å²) in [5.74, 6) is 0.813. The molecule has 120 valence electrons. The second-order valence-corrected chi connectivity index (χ2v) is 6.24. The molecule has 1 aromatic rings. The highest BCUT2D eigenvalue weighted by atomic mass is 16.5. The number of hydrogen-bond donors (Lipinski definition) is 2. The average Bonchev–Trinajstić information content (AvgIpc) is 2.75. The molecule has 4 heteroatoms. The Morgan fingerprint density at radius 1 is 1.14 bits per heavy atom. The van der Waals surface area contributed by atoms with E-state index in [1.165, 1.54) is 19.3 Å². The molecule has 0 bridgehead atoms. The molecule has 0 unspecified atom stereocenters. The summed E-state index contributed by atoms with van der Waals surface area (Å²) >= 11 is 0. The fourth-order valence-corrected chi connectivity index (χ4v) is 2.42. The lowest BCUT2D eigenvalue weighted by Crippen LogP contribution is -2.38. The molecule has 0 aliphatic carbocycles. The highest BCUT2D eigenvalue weighted by Crippen LogP contribution is 2.23. The molecular weight excluding hydrogens is 276 g/mol. The van der Waals surface area contributed by atoms with Gasteiger partial charge >= 0.3 is 0 Å². The number of amides is 1. The molecule has 0 radical (unpaired) electrons. The number of hydrogen-bond acceptors (Lipinski definition) is 3. The molecule has 1 fully saturated rings. The van der Waals surface area contributed by atoms with Crippen molar-refractivity contribution < 1.29 is 9.53 Å². The van der Waals surface area contributed by atoms with Crippen molar-refractivity contribution in [2.45, 2.75) is 52.0 Å². The van der Waals surface area contributed by atoms with Gasteiger partial charge in [0.25, 0.3) is 5.91 Å². The Morgan fingerprint density at radius 3 is 2.45 bits per heavy atom. The standard InChI is InChI=1S/C18H26N2O2/c1-4-5-6-7-12-22-15-10-8-14(9-11-15)13-16-17(21)19-20-18(16,2)3/h8-11,13,20H,4-7,12H2,1-3H3,(H,19,21)/b16-13+. The van der Waals surface area contributed by atoms with Gasteiger partial charge in [0.15, 0.2) is 0 Å². The number of carbonyl (C=O) groups excluding carboxylic acids is 1. The van der Waals surface area contributed by atoms with Crippen molar-refractivity contribution in [3.8, 4) is 5.75 Å². The highest BCUT2D eigenvalue weighted by Gasteiger charge is 2.34. The fourth-order valence-electron chi connectivity index (χ4n) is 2.42. The minimum Gasteiger partial charge on any atom is -0.494 e. The van der Waals surface area contributed by atoms with Crippen molar-refractivity contribution in [2.24, 2.45) is 0 Å². The van der Waals surface area contributed by atoms with Gasteiger partial charge in [0.1, 0.15) is 5.75 Å². The van der Waals surface area contributed by atoms with Crippen LogP contribution in [0.25, 0.3) is 6.08 Å². The monoisotopic (exact) mass is 302 g/mol. The maximum Gasteiger partial charge on any atom is 0.263 e. The molecule has 1 aromatic carbocycles. The second-order valence-electron chi connectivity index (χ2n) is 6.24. The fraction of sp³-hybridized carbons (Fsp3) is 0.500. The van der Waals surface area contributed by atoms with Crippen molar-refractivity contribution in [3.05, 3.63) is 35.4 Å². The van der Waals surface area contributed by atoms with Crippen LogP contribution in [-0.2, 0) is 4.79 Å². The topological polar surface area (TPSA) is 50.4 Å². The van der Waals surface area contributed by atoms with Crippen LogP contribution in [0.3, 0.4) is 0 Å². The summed E-state index contributed by atoms with van der Waals surface area (Å²) in [5.41, 5.74) is 7.02. The first kappa shape index (κ1) is 16.6. The molecule has 1 aliphatic heterocycles. The lowest BCUT2D eigenvalue weighted by atomic mass is 9.94. The number of nitrogens with one attached hydrogen (secondary N) is 2. The van der Waals surface area contributed by atoms with Crippen LogP contribution in [0.5, 0.6) is 5.75 Å². The number of rotatable bonds is 7. The minimum atomic E-state index is -0.356. The Kier molecular flexibility index (Phi) is 5.61. The van der Waals surface area contributed by atoms with E-state index in [4.69, 9.17) is 4.74 Å². The normalized spacial score (nSPS) is 18.5. The van der Waals surface area contributed by atoms with Crippen LogP contribution >= 0.6 is 0 Å². The molecule has 0 saturated carbocycles. The number of unbranched alkanes of at least 4 members (excludes halogenated alkanes) is 3. The number of hydrazine groups is 1. The molecule has 1 saturated heterocycles. The second kappa shape index (κ2) is 7.45. The molecule has 22 heavy (non-hydrogen) atoms. The van der Waals surface area contributed by atoms with E-state index < -0.39 is 0 Å². The van der Waals surface area contributed by atoms with Crippen LogP contribution in [0.2, 0.25) is 0 Å². The molecule has 1 aliphatic rings. The predicted molar refractivity (Wildman–Crippen MR) is 89.4 cm³/mol. The molecule has 2 N–H and O–H groups in total. The van der Waals surface area contributed by atoms with E-state index in [1.807, 2.05) is 44.2 Å². The third-order valence-electron chi connectivity index (χ3n) is 3.86. The summed E-state index contributed by atoms with van der Waals surface area (Å²) in [7, 11) is 0. The number of ether oxygens (including phenoxy) is 1. The predicted octanol–water partition coefficient (Wildman–Crippen LogP) is 3.44. The largest absolute Gasteiger partial charge is 0.494 e. The summed E-state index contributed by atoms with van der Waals surface area (Å²) in [4.78, 5) is 11.8. The van der Waals surface area contributed by atoms with E-state index in [2.05, 4.69) is 17.8 Å². The summed E-state index contributed by atoms with van der Waals surface area (Å²) in [6.45, 7) is 6.92. The van der Waals surface area contributed by atoms with Crippen LogP contribution in [0.4, 0.5) is 0 Å². The molecule has 1 amide bonds. The average molecular weight is 302 g/mol. The van der Waals surface area contributed by atoms with Crippen LogP contribution in [0.1, 0.15) is 52.0 Å². The van der Waals surface area contributed by atoms with E-state index >= 15 is 0 Å². The van der Waals surface area contributed by atoms with E-state index in [0.717, 1.165) is 29.9 Å². The van der Waals surface area contributed by atoms with Gasteiger partial charge in [0, 0.05) is 5.57 Å². The maximum atomic E-state index is 11.8. The van der Waals surface area contributed by atoms with Crippen LogP contribution in [0.15, 0.2) is 29.8 Å². The summed E-state index contributed by atoms with van der Waals surface area (Å²) in [5, 5.41) is 0. The van der Waals surface area contributed by atoms with E-state index in [-0.39, 0.29) is 11.4 Å². The number of benzene rings is 1. The van der Waals surface area contributed by atoms with Crippen molar-refractivity contribution in [1.29, 1.82) is 0 Å².